The van der Waals surface area contributed by atoms with E-state index in [0.717, 1.165) is 18.4 Å². The number of aliphatic carboxylic acids is 1. The Balaban J connectivity index is 2.26. The summed E-state index contributed by atoms with van der Waals surface area (Å²) in [6.45, 7) is 12.8. The minimum absolute atomic E-state index is 0.00308. The van der Waals surface area contributed by atoms with E-state index < -0.39 is 38.1 Å². The summed E-state index contributed by atoms with van der Waals surface area (Å²) in [5.74, 6) is -2.03. The lowest BCUT2D eigenvalue weighted by Gasteiger charge is -2.52. The third-order valence-corrected chi connectivity index (χ3v) is 11.1. The Hall–Kier alpha value is -2.09. The Labute approximate surface area is 242 Å². The van der Waals surface area contributed by atoms with Gasteiger partial charge >= 0.3 is 5.97 Å². The van der Waals surface area contributed by atoms with Crippen LogP contribution < -0.4 is 0 Å². The second kappa shape index (κ2) is 11.8. The van der Waals surface area contributed by atoms with Crippen LogP contribution in [0.2, 0.25) is 5.02 Å². The molecular weight excluding hydrogens is 557 g/mol. The number of carboxylic acids is 1. The van der Waals surface area contributed by atoms with Crippen molar-refractivity contribution in [3.05, 3.63) is 70.3 Å². The standard InChI is InChI=1S/C30H39Cl2NO5S/c1-7-22(31)14-11-19(2)27-24(21-9-8-10-23(32)15-21)16-30(6,17-26(34)35)28(36)33(27)25(20-12-13-20)18-39(37,38)29(3,4)5/h7-11,14-15,20,24-25,27H,2,12-13,16-18H2,1,3-6H3,(H,34,35)/b14-11-,22-7+/t24-,25-,27-,30-/m1/s1. The summed E-state index contributed by atoms with van der Waals surface area (Å²) in [6, 6.07) is 6.07. The van der Waals surface area contributed by atoms with Gasteiger partial charge in [-0.2, -0.15) is 0 Å². The third-order valence-electron chi connectivity index (χ3n) is 7.88. The highest BCUT2D eigenvalue weighted by Gasteiger charge is 2.55. The van der Waals surface area contributed by atoms with Gasteiger partial charge in [0, 0.05) is 22.0 Å². The number of hydrogen-bond acceptors (Lipinski definition) is 4. The number of sulfone groups is 1. The van der Waals surface area contributed by atoms with Gasteiger partial charge in [-0.25, -0.2) is 8.42 Å². The van der Waals surface area contributed by atoms with Crippen LogP contribution in [0, 0.1) is 11.3 Å². The third kappa shape index (κ3) is 7.17. The SMILES string of the molecule is C=C(/C=C\C(Cl)=C/C)[C@@H]1[C@@H](c2cccc(Cl)c2)C[C@](C)(CC(=O)O)C(=O)N1[C@H](CS(=O)(=O)C(C)(C)C)C1CC1. The number of nitrogens with zero attached hydrogens (tertiary/aromatic N) is 1. The Morgan fingerprint density at radius 1 is 1.28 bits per heavy atom. The number of halogens is 2. The number of carbonyl (C=O) groups is 2. The quantitative estimate of drug-likeness (QED) is 0.302. The molecule has 9 heteroatoms. The van der Waals surface area contributed by atoms with E-state index in [1.54, 1.807) is 63.8 Å². The molecule has 39 heavy (non-hydrogen) atoms. The minimum atomic E-state index is -3.61. The van der Waals surface area contributed by atoms with E-state index in [0.29, 0.717) is 15.6 Å². The van der Waals surface area contributed by atoms with Gasteiger partial charge in [0.2, 0.25) is 5.91 Å². The maximum atomic E-state index is 14.4. The van der Waals surface area contributed by atoms with Crippen LogP contribution in [0.5, 0.6) is 0 Å². The number of carbonyl (C=O) groups excluding carboxylic acids is 1. The Morgan fingerprint density at radius 2 is 1.92 bits per heavy atom. The van der Waals surface area contributed by atoms with E-state index in [1.165, 1.54) is 0 Å². The lowest BCUT2D eigenvalue weighted by atomic mass is 9.67. The molecule has 0 bridgehead atoms. The minimum Gasteiger partial charge on any atom is -0.481 e. The summed E-state index contributed by atoms with van der Waals surface area (Å²) in [5, 5.41) is 10.8. The average molecular weight is 597 g/mol. The van der Waals surface area contributed by atoms with E-state index in [1.807, 2.05) is 18.2 Å². The van der Waals surface area contributed by atoms with Crippen molar-refractivity contribution in [1.29, 1.82) is 0 Å². The molecular formula is C30H39Cl2NO5S. The fraction of sp³-hybridized carbons (Fsp3) is 0.533. The first-order chi connectivity index (χ1) is 18.0. The van der Waals surface area contributed by atoms with Crippen LogP contribution in [0.1, 0.15) is 71.8 Å². The molecule has 0 spiro atoms. The van der Waals surface area contributed by atoms with Gasteiger partial charge in [0.25, 0.3) is 0 Å². The number of hydrogen-bond donors (Lipinski definition) is 1. The number of amides is 1. The molecule has 2 aliphatic rings. The van der Waals surface area contributed by atoms with E-state index in [9.17, 15) is 23.1 Å². The van der Waals surface area contributed by atoms with Crippen molar-refractivity contribution in [3.8, 4) is 0 Å². The second-order valence-corrected chi connectivity index (χ2v) is 15.7. The number of rotatable bonds is 10. The molecule has 1 aliphatic carbocycles. The highest BCUT2D eigenvalue weighted by Crippen LogP contribution is 2.50. The summed E-state index contributed by atoms with van der Waals surface area (Å²) in [6.07, 6.45) is 6.65. The van der Waals surface area contributed by atoms with Gasteiger partial charge in [0.1, 0.15) is 0 Å². The molecule has 1 saturated carbocycles. The summed E-state index contributed by atoms with van der Waals surface area (Å²) in [7, 11) is -3.61. The number of likely N-dealkylation sites (tertiary alicyclic amines) is 1. The van der Waals surface area contributed by atoms with Crippen LogP contribution >= 0.6 is 23.2 Å². The molecule has 1 aromatic carbocycles. The summed E-state index contributed by atoms with van der Waals surface area (Å²) in [4.78, 5) is 28.0. The van der Waals surface area contributed by atoms with Crippen LogP contribution in [-0.4, -0.2) is 52.9 Å². The van der Waals surface area contributed by atoms with Crippen molar-refractivity contribution in [2.24, 2.45) is 11.3 Å². The first kappa shape index (κ1) is 31.4. The monoisotopic (exact) mass is 595 g/mol. The van der Waals surface area contributed by atoms with E-state index in [2.05, 4.69) is 6.58 Å². The zero-order valence-corrected chi connectivity index (χ0v) is 25.6. The first-order valence-electron chi connectivity index (χ1n) is 13.2. The zero-order valence-electron chi connectivity index (χ0n) is 23.3. The van der Waals surface area contributed by atoms with E-state index in [-0.39, 0.29) is 36.3 Å². The number of piperidine rings is 1. The summed E-state index contributed by atoms with van der Waals surface area (Å²) < 4.78 is 26.0. The lowest BCUT2D eigenvalue weighted by molar-refractivity contribution is -0.158. The highest BCUT2D eigenvalue weighted by molar-refractivity contribution is 7.92. The zero-order chi connectivity index (χ0) is 29.3. The molecule has 1 aromatic rings. The Kier molecular flexibility index (Phi) is 9.51. The van der Waals surface area contributed by atoms with Crippen LogP contribution in [0.15, 0.2) is 59.7 Å². The maximum absolute atomic E-state index is 14.4. The normalized spacial score (nSPS) is 25.7. The molecule has 0 radical (unpaired) electrons. The van der Waals surface area contributed by atoms with Gasteiger partial charge in [-0.1, -0.05) is 61.0 Å². The van der Waals surface area contributed by atoms with Gasteiger partial charge in [-0.3, -0.25) is 9.59 Å². The maximum Gasteiger partial charge on any atom is 0.304 e. The van der Waals surface area contributed by atoms with E-state index >= 15 is 0 Å². The highest BCUT2D eigenvalue weighted by atomic mass is 35.5. The van der Waals surface area contributed by atoms with Crippen molar-refractivity contribution in [1.82, 2.24) is 4.90 Å². The van der Waals surface area contributed by atoms with Crippen molar-refractivity contribution in [3.63, 3.8) is 0 Å². The molecule has 1 saturated heterocycles. The molecule has 214 valence electrons. The van der Waals surface area contributed by atoms with Crippen molar-refractivity contribution >= 4 is 44.9 Å². The Bertz CT molecular complexity index is 1290. The molecule has 1 aliphatic heterocycles. The average Bonchev–Trinajstić information content (AvgIpc) is 3.66. The molecule has 1 heterocycles. The van der Waals surface area contributed by atoms with Crippen LogP contribution in [0.25, 0.3) is 0 Å². The van der Waals surface area contributed by atoms with Crippen LogP contribution in [0.4, 0.5) is 0 Å². The number of benzene rings is 1. The molecule has 1 amide bonds. The largest absolute Gasteiger partial charge is 0.481 e. The second-order valence-electron chi connectivity index (χ2n) is 12.0. The summed E-state index contributed by atoms with van der Waals surface area (Å²) >= 11 is 12.6. The number of carboxylic acid groups (broad SMARTS) is 1. The van der Waals surface area contributed by atoms with E-state index in [4.69, 9.17) is 23.2 Å². The summed E-state index contributed by atoms with van der Waals surface area (Å²) in [5.41, 5.74) is 0.171. The molecule has 4 atom stereocenters. The fourth-order valence-electron chi connectivity index (χ4n) is 5.41. The smallest absolute Gasteiger partial charge is 0.304 e. The van der Waals surface area contributed by atoms with Gasteiger partial charge in [0.15, 0.2) is 9.84 Å². The van der Waals surface area contributed by atoms with Crippen molar-refractivity contribution < 1.29 is 23.1 Å². The van der Waals surface area contributed by atoms with Crippen LogP contribution in [0.3, 0.4) is 0 Å². The fourth-order valence-corrected chi connectivity index (χ4v) is 7.05. The molecule has 0 aromatic heterocycles. The molecule has 0 unspecified atom stereocenters. The van der Waals surface area contributed by atoms with Crippen LogP contribution in [-0.2, 0) is 19.4 Å². The van der Waals surface area contributed by atoms with Gasteiger partial charge in [-0.05, 0) is 82.2 Å². The van der Waals surface area contributed by atoms with Gasteiger partial charge in [0.05, 0.1) is 28.4 Å². The van der Waals surface area contributed by atoms with Gasteiger partial charge < -0.3 is 10.0 Å². The molecule has 1 N–H and O–H groups in total. The lowest BCUT2D eigenvalue weighted by Crippen LogP contribution is -2.62. The Morgan fingerprint density at radius 3 is 2.44 bits per heavy atom. The first-order valence-corrected chi connectivity index (χ1v) is 15.6. The molecule has 2 fully saturated rings. The molecule has 3 rings (SSSR count). The predicted molar refractivity (Wildman–Crippen MR) is 158 cm³/mol. The number of allylic oxidation sites excluding steroid dienone is 3. The van der Waals surface area contributed by atoms with Crippen molar-refractivity contribution in [2.75, 3.05) is 5.75 Å². The topological polar surface area (TPSA) is 91.8 Å². The van der Waals surface area contributed by atoms with Gasteiger partial charge in [-0.15, -0.1) is 0 Å². The van der Waals surface area contributed by atoms with Crippen molar-refractivity contribution in [2.45, 2.75) is 83.1 Å². The predicted octanol–water partition coefficient (Wildman–Crippen LogP) is 6.75. The molecule has 6 nitrogen and oxygen atoms in total.